The molecule has 1 aromatic carbocycles. The molecule has 0 atom stereocenters. The minimum absolute atomic E-state index is 0.178. The van der Waals surface area contributed by atoms with Crippen molar-refractivity contribution in [2.24, 2.45) is 17.8 Å². The Morgan fingerprint density at radius 1 is 0.828 bits per heavy atom. The minimum atomic E-state index is -0.178. The number of carbonyl (C=O) groups is 1. The summed E-state index contributed by atoms with van der Waals surface area (Å²) < 4.78 is 5.33. The fourth-order valence-electron chi connectivity index (χ4n) is 5.65. The molecule has 29 heavy (non-hydrogen) atoms. The van der Waals surface area contributed by atoms with Gasteiger partial charge in [-0.3, -0.25) is 0 Å². The number of hydrogen-bond donors (Lipinski definition) is 0. The van der Waals surface area contributed by atoms with Crippen molar-refractivity contribution in [1.29, 1.82) is 0 Å². The highest BCUT2D eigenvalue weighted by Gasteiger charge is 2.31. The molecule has 0 heterocycles. The average molecular weight is 399 g/mol. The molecule has 0 radical (unpaired) electrons. The fourth-order valence-corrected chi connectivity index (χ4v) is 5.65. The maximum Gasteiger partial charge on any atom is 0.338 e. The lowest BCUT2D eigenvalue weighted by Gasteiger charge is -2.38. The zero-order valence-corrected chi connectivity index (χ0v) is 18.8. The summed E-state index contributed by atoms with van der Waals surface area (Å²) in [5.41, 5.74) is 2.11. The van der Waals surface area contributed by atoms with Gasteiger partial charge in [-0.2, -0.15) is 0 Å². The lowest BCUT2D eigenvalue weighted by atomic mass is 9.68. The lowest BCUT2D eigenvalue weighted by molar-refractivity contribution is 0.0499. The highest BCUT2D eigenvalue weighted by Crippen LogP contribution is 2.44. The molecular formula is C27H42O2. The van der Waals surface area contributed by atoms with Gasteiger partial charge in [-0.15, -0.1) is 0 Å². The first-order chi connectivity index (χ1) is 14.2. The Kier molecular flexibility index (Phi) is 9.08. The second-order valence-electron chi connectivity index (χ2n) is 9.65. The zero-order chi connectivity index (χ0) is 20.5. The van der Waals surface area contributed by atoms with Crippen molar-refractivity contribution in [2.75, 3.05) is 6.61 Å². The smallest absolute Gasteiger partial charge is 0.338 e. The normalized spacial score (nSPS) is 27.5. The number of carbonyl (C=O) groups excluding carboxylic acids is 1. The van der Waals surface area contributed by atoms with Gasteiger partial charge in [-0.25, -0.2) is 4.79 Å². The average Bonchev–Trinajstić information content (AvgIpc) is 2.78. The van der Waals surface area contributed by atoms with Crippen LogP contribution in [0.2, 0.25) is 0 Å². The van der Waals surface area contributed by atoms with Gasteiger partial charge in [0, 0.05) is 0 Å². The van der Waals surface area contributed by atoms with Crippen LogP contribution >= 0.6 is 0 Å². The van der Waals surface area contributed by atoms with Gasteiger partial charge < -0.3 is 4.74 Å². The molecule has 0 bridgehead atoms. The van der Waals surface area contributed by atoms with Crippen molar-refractivity contribution >= 4 is 5.97 Å². The maximum atomic E-state index is 12.1. The molecule has 0 aromatic heterocycles. The molecule has 0 amide bonds. The van der Waals surface area contributed by atoms with E-state index in [0.29, 0.717) is 18.1 Å². The van der Waals surface area contributed by atoms with Crippen LogP contribution in [0.5, 0.6) is 0 Å². The third-order valence-corrected chi connectivity index (χ3v) is 7.64. The molecule has 1 aromatic rings. The number of unbranched alkanes of at least 4 members (excludes halogenated alkanes) is 2. The zero-order valence-electron chi connectivity index (χ0n) is 18.8. The van der Waals surface area contributed by atoms with E-state index in [9.17, 15) is 4.79 Å². The molecule has 0 unspecified atom stereocenters. The Balaban J connectivity index is 1.42. The summed E-state index contributed by atoms with van der Waals surface area (Å²) in [4.78, 5) is 12.1. The van der Waals surface area contributed by atoms with E-state index in [0.717, 1.165) is 30.6 Å². The Bertz CT molecular complexity index is 589. The Labute approximate surface area is 178 Å². The van der Waals surface area contributed by atoms with Crippen molar-refractivity contribution in [3.63, 3.8) is 0 Å². The van der Waals surface area contributed by atoms with E-state index < -0.39 is 0 Å². The van der Waals surface area contributed by atoms with Gasteiger partial charge in [0.25, 0.3) is 0 Å². The Hall–Kier alpha value is -1.31. The van der Waals surface area contributed by atoms with Gasteiger partial charge in [0.2, 0.25) is 0 Å². The summed E-state index contributed by atoms with van der Waals surface area (Å²) in [6, 6.07) is 8.27. The molecule has 0 spiro atoms. The van der Waals surface area contributed by atoms with E-state index in [-0.39, 0.29) is 5.97 Å². The van der Waals surface area contributed by atoms with Gasteiger partial charge in [0.05, 0.1) is 12.2 Å². The third-order valence-electron chi connectivity index (χ3n) is 7.64. The molecule has 2 saturated carbocycles. The van der Waals surface area contributed by atoms with Crippen molar-refractivity contribution < 1.29 is 9.53 Å². The number of esters is 1. The monoisotopic (exact) mass is 398 g/mol. The van der Waals surface area contributed by atoms with Crippen LogP contribution in [0.3, 0.4) is 0 Å². The van der Waals surface area contributed by atoms with Crippen LogP contribution in [0.25, 0.3) is 0 Å². The highest BCUT2D eigenvalue weighted by molar-refractivity contribution is 5.89. The van der Waals surface area contributed by atoms with E-state index in [4.69, 9.17) is 4.74 Å². The summed E-state index contributed by atoms with van der Waals surface area (Å²) >= 11 is 0. The summed E-state index contributed by atoms with van der Waals surface area (Å²) in [6.45, 7) is 4.95. The summed E-state index contributed by atoms with van der Waals surface area (Å²) in [5, 5.41) is 0. The highest BCUT2D eigenvalue weighted by atomic mass is 16.5. The second kappa shape index (κ2) is 11.8. The summed E-state index contributed by atoms with van der Waals surface area (Å²) in [7, 11) is 0. The van der Waals surface area contributed by atoms with Crippen molar-refractivity contribution in [3.05, 3.63) is 35.4 Å². The van der Waals surface area contributed by atoms with Crippen LogP contribution in [-0.4, -0.2) is 12.6 Å². The molecule has 2 heteroatoms. The van der Waals surface area contributed by atoms with Gasteiger partial charge in [0.15, 0.2) is 0 Å². The molecule has 2 aliphatic rings. The Morgan fingerprint density at radius 2 is 1.41 bits per heavy atom. The molecule has 3 rings (SSSR count). The first-order valence-electron chi connectivity index (χ1n) is 12.5. The molecule has 2 nitrogen and oxygen atoms in total. The first kappa shape index (κ1) is 22.4. The molecule has 2 aliphatic carbocycles. The van der Waals surface area contributed by atoms with Crippen molar-refractivity contribution in [1.82, 2.24) is 0 Å². The predicted molar refractivity (Wildman–Crippen MR) is 121 cm³/mol. The van der Waals surface area contributed by atoms with E-state index in [2.05, 4.69) is 26.0 Å². The Morgan fingerprint density at radius 3 is 2.00 bits per heavy atom. The number of ether oxygens (including phenoxy) is 1. The number of benzene rings is 1. The van der Waals surface area contributed by atoms with E-state index in [1.807, 2.05) is 12.1 Å². The van der Waals surface area contributed by atoms with Crippen LogP contribution < -0.4 is 0 Å². The van der Waals surface area contributed by atoms with Crippen molar-refractivity contribution in [3.8, 4) is 0 Å². The van der Waals surface area contributed by atoms with Crippen LogP contribution in [0.1, 0.15) is 119 Å². The van der Waals surface area contributed by atoms with Crippen LogP contribution in [0.15, 0.2) is 24.3 Å². The molecule has 0 aliphatic heterocycles. The van der Waals surface area contributed by atoms with E-state index in [1.165, 1.54) is 76.2 Å². The maximum absolute atomic E-state index is 12.1. The number of hydrogen-bond acceptors (Lipinski definition) is 2. The third kappa shape index (κ3) is 6.59. The first-order valence-corrected chi connectivity index (χ1v) is 12.5. The largest absolute Gasteiger partial charge is 0.462 e. The molecule has 2 fully saturated rings. The quantitative estimate of drug-likeness (QED) is 0.312. The molecular weight excluding hydrogens is 356 g/mol. The summed E-state index contributed by atoms with van der Waals surface area (Å²) in [5.74, 6) is 3.48. The molecule has 162 valence electrons. The van der Waals surface area contributed by atoms with Gasteiger partial charge in [-0.05, 0) is 86.3 Å². The minimum Gasteiger partial charge on any atom is -0.462 e. The standard InChI is InChI=1S/C27H42O2/c1-3-5-7-21-8-10-22(11-9-21)23-12-14-24(15-13-23)25-16-18-26(19-17-25)27(28)29-20-6-4-2/h16-19,21-24H,3-15,20H2,1-2H3/t21-,22-,23-,24-. The van der Waals surface area contributed by atoms with E-state index >= 15 is 0 Å². The van der Waals surface area contributed by atoms with Gasteiger partial charge in [-0.1, -0.05) is 64.5 Å². The van der Waals surface area contributed by atoms with Crippen LogP contribution in [-0.2, 0) is 4.74 Å². The van der Waals surface area contributed by atoms with Crippen LogP contribution in [0, 0.1) is 17.8 Å². The lowest BCUT2D eigenvalue weighted by Crippen LogP contribution is -2.25. The van der Waals surface area contributed by atoms with Gasteiger partial charge in [0.1, 0.15) is 0 Å². The van der Waals surface area contributed by atoms with Gasteiger partial charge >= 0.3 is 5.97 Å². The topological polar surface area (TPSA) is 26.3 Å². The summed E-state index contributed by atoms with van der Waals surface area (Å²) in [6.07, 6.45) is 17.6. The fraction of sp³-hybridized carbons (Fsp3) is 0.741. The SMILES string of the molecule is CCCCOC(=O)c1ccc([C@H]2CC[C@H]([C@H]3CC[C@H](CCCC)CC3)CC2)cc1. The van der Waals surface area contributed by atoms with E-state index in [1.54, 1.807) is 0 Å². The van der Waals surface area contributed by atoms with Crippen molar-refractivity contribution in [2.45, 2.75) is 103 Å². The second-order valence-corrected chi connectivity index (χ2v) is 9.65. The predicted octanol–water partition coefficient (Wildman–Crippen LogP) is 7.91. The van der Waals surface area contributed by atoms with Crippen LogP contribution in [0.4, 0.5) is 0 Å². The molecule has 0 saturated heterocycles. The molecule has 0 N–H and O–H groups in total. The number of rotatable bonds is 9.